The molecule has 0 bridgehead atoms. The van der Waals surface area contributed by atoms with Crippen LogP contribution in [0.15, 0.2) is 61.2 Å². The third-order valence-electron chi connectivity index (χ3n) is 8.44. The van der Waals surface area contributed by atoms with Crippen molar-refractivity contribution < 1.29 is 9.13 Å². The number of pyridine rings is 2. The SMILES string of the molecule is CCCCCCCC[n+]1ccc(-c2ccc3c(c2)C(C)(C)c2c[n+](CCCCCCCC)ccc2-3)cc1. The predicted octanol–water partition coefficient (Wildman–Crippen LogP) is 8.96. The van der Waals surface area contributed by atoms with Crippen LogP contribution in [0.4, 0.5) is 0 Å². The lowest BCUT2D eigenvalue weighted by Gasteiger charge is -2.20. The quantitative estimate of drug-likeness (QED) is 0.146. The predicted molar refractivity (Wildman–Crippen MR) is 157 cm³/mol. The van der Waals surface area contributed by atoms with Gasteiger partial charge in [-0.25, -0.2) is 9.13 Å². The van der Waals surface area contributed by atoms with Crippen LogP contribution in [-0.2, 0) is 18.5 Å². The van der Waals surface area contributed by atoms with Gasteiger partial charge in [-0.2, -0.15) is 0 Å². The van der Waals surface area contributed by atoms with E-state index < -0.39 is 0 Å². The molecule has 0 saturated carbocycles. The van der Waals surface area contributed by atoms with E-state index in [2.05, 4.69) is 98.0 Å². The number of nitrogens with zero attached hydrogens (tertiary/aromatic N) is 2. The fourth-order valence-corrected chi connectivity index (χ4v) is 5.98. The minimum Gasteiger partial charge on any atom is -0.205 e. The largest absolute Gasteiger partial charge is 0.205 e. The molecule has 37 heavy (non-hydrogen) atoms. The molecule has 2 heterocycles. The van der Waals surface area contributed by atoms with Gasteiger partial charge in [-0.15, -0.1) is 0 Å². The highest BCUT2D eigenvalue weighted by atomic mass is 14.9. The lowest BCUT2D eigenvalue weighted by atomic mass is 9.82. The van der Waals surface area contributed by atoms with Gasteiger partial charge in [-0.05, 0) is 46.7 Å². The molecule has 0 N–H and O–H groups in total. The molecule has 0 atom stereocenters. The average Bonchev–Trinajstić information content (AvgIpc) is 3.14. The van der Waals surface area contributed by atoms with Crippen LogP contribution in [0.25, 0.3) is 22.3 Å². The summed E-state index contributed by atoms with van der Waals surface area (Å²) in [6, 6.07) is 14.1. The molecule has 0 spiro atoms. The molecule has 1 aromatic carbocycles. The van der Waals surface area contributed by atoms with Gasteiger partial charge in [0, 0.05) is 42.0 Å². The Morgan fingerprint density at radius 3 is 1.73 bits per heavy atom. The van der Waals surface area contributed by atoms with E-state index in [0.717, 1.165) is 13.1 Å². The van der Waals surface area contributed by atoms with Crippen molar-refractivity contribution in [3.8, 4) is 22.3 Å². The first-order valence-electron chi connectivity index (χ1n) is 15.2. The van der Waals surface area contributed by atoms with E-state index in [1.54, 1.807) is 0 Å². The minimum atomic E-state index is 0.0251. The summed E-state index contributed by atoms with van der Waals surface area (Å²) in [6.45, 7) is 11.6. The summed E-state index contributed by atoms with van der Waals surface area (Å²) in [6.07, 6.45) is 25.4. The van der Waals surface area contributed by atoms with Crippen molar-refractivity contribution in [3.05, 3.63) is 72.3 Å². The van der Waals surface area contributed by atoms with E-state index in [0.29, 0.717) is 0 Å². The van der Waals surface area contributed by atoms with Gasteiger partial charge < -0.3 is 0 Å². The van der Waals surface area contributed by atoms with Crippen LogP contribution in [0.5, 0.6) is 0 Å². The molecule has 198 valence electrons. The molecule has 0 saturated heterocycles. The van der Waals surface area contributed by atoms with Gasteiger partial charge in [0.1, 0.15) is 13.1 Å². The van der Waals surface area contributed by atoms with Crippen molar-refractivity contribution >= 4 is 0 Å². The van der Waals surface area contributed by atoms with Crippen LogP contribution in [0.2, 0.25) is 0 Å². The van der Waals surface area contributed by atoms with Crippen molar-refractivity contribution in [1.29, 1.82) is 0 Å². The molecule has 1 aliphatic carbocycles. The smallest absolute Gasteiger partial charge is 0.173 e. The number of rotatable bonds is 15. The molecule has 0 amide bonds. The maximum absolute atomic E-state index is 2.45. The zero-order valence-corrected chi connectivity index (χ0v) is 24.1. The van der Waals surface area contributed by atoms with Gasteiger partial charge in [0.05, 0.1) is 0 Å². The van der Waals surface area contributed by atoms with Gasteiger partial charge in [-0.3, -0.25) is 0 Å². The fourth-order valence-electron chi connectivity index (χ4n) is 5.98. The highest BCUT2D eigenvalue weighted by Crippen LogP contribution is 2.48. The highest BCUT2D eigenvalue weighted by Gasteiger charge is 2.37. The molecule has 0 fully saturated rings. The third-order valence-corrected chi connectivity index (χ3v) is 8.44. The Morgan fingerprint density at radius 2 is 1.08 bits per heavy atom. The number of fused-ring (bicyclic) bond motifs is 3. The maximum atomic E-state index is 2.45. The van der Waals surface area contributed by atoms with Gasteiger partial charge in [-0.1, -0.05) is 91.2 Å². The van der Waals surface area contributed by atoms with E-state index in [1.165, 1.54) is 110 Å². The first-order valence-corrected chi connectivity index (χ1v) is 15.2. The first-order chi connectivity index (χ1) is 18.0. The number of unbranched alkanes of at least 4 members (excludes halogenated alkanes) is 10. The monoisotopic (exact) mass is 498 g/mol. The second kappa shape index (κ2) is 13.4. The Hall–Kier alpha value is -2.48. The minimum absolute atomic E-state index is 0.0251. The zero-order valence-electron chi connectivity index (χ0n) is 24.1. The van der Waals surface area contributed by atoms with E-state index in [-0.39, 0.29) is 5.41 Å². The number of aryl methyl sites for hydroxylation is 2. The van der Waals surface area contributed by atoms with E-state index in [4.69, 9.17) is 0 Å². The molecule has 3 aromatic rings. The van der Waals surface area contributed by atoms with Crippen LogP contribution in [0, 0.1) is 0 Å². The summed E-state index contributed by atoms with van der Waals surface area (Å²) >= 11 is 0. The summed E-state index contributed by atoms with van der Waals surface area (Å²) in [7, 11) is 0. The molecule has 2 heteroatoms. The van der Waals surface area contributed by atoms with Crippen LogP contribution < -0.4 is 9.13 Å². The Bertz CT molecular complexity index is 1130. The number of hydrogen-bond acceptors (Lipinski definition) is 0. The van der Waals surface area contributed by atoms with E-state index >= 15 is 0 Å². The zero-order chi connectivity index (χ0) is 26.1. The molecule has 2 aromatic heterocycles. The van der Waals surface area contributed by atoms with Crippen molar-refractivity contribution in [2.45, 2.75) is 123 Å². The topological polar surface area (TPSA) is 7.76 Å². The lowest BCUT2D eigenvalue weighted by Crippen LogP contribution is -2.34. The number of aromatic nitrogens is 2. The van der Waals surface area contributed by atoms with Crippen LogP contribution in [0.3, 0.4) is 0 Å². The Balaban J connectivity index is 1.40. The molecule has 0 unspecified atom stereocenters. The molecule has 0 aliphatic heterocycles. The first kappa shape index (κ1) is 27.6. The normalized spacial score (nSPS) is 13.5. The second-order valence-corrected chi connectivity index (χ2v) is 11.8. The van der Waals surface area contributed by atoms with E-state index in [9.17, 15) is 0 Å². The van der Waals surface area contributed by atoms with Crippen LogP contribution in [0.1, 0.15) is 116 Å². The summed E-state index contributed by atoms with van der Waals surface area (Å²) < 4.78 is 4.77. The Kier molecular flexibility index (Phi) is 9.95. The molecule has 4 rings (SSSR count). The lowest BCUT2D eigenvalue weighted by molar-refractivity contribution is -0.697. The standard InChI is InChI=1S/C35H50N2/c1-5-7-9-11-13-15-22-36-24-19-29(20-25-36)30-17-18-31-32-21-26-37(23-16-14-12-10-8-6-2)28-34(32)35(3,4)33(31)27-30/h17-21,24-28H,5-16,22-23H2,1-4H3/q+2. The average molecular weight is 499 g/mol. The summed E-state index contributed by atoms with van der Waals surface area (Å²) in [4.78, 5) is 0. The molecular formula is C35H50N2+2. The van der Waals surface area contributed by atoms with Crippen LogP contribution >= 0.6 is 0 Å². The Labute approximate surface area is 226 Å². The third kappa shape index (κ3) is 6.89. The summed E-state index contributed by atoms with van der Waals surface area (Å²) in [5.41, 5.74) is 8.41. The van der Waals surface area contributed by atoms with Crippen molar-refractivity contribution in [1.82, 2.24) is 0 Å². The second-order valence-electron chi connectivity index (χ2n) is 11.8. The molecule has 0 radical (unpaired) electrons. The van der Waals surface area contributed by atoms with Gasteiger partial charge in [0.25, 0.3) is 0 Å². The fraction of sp³-hybridized carbons (Fsp3) is 0.543. The molecule has 2 nitrogen and oxygen atoms in total. The van der Waals surface area contributed by atoms with Gasteiger partial charge in [0.2, 0.25) is 0 Å². The summed E-state index contributed by atoms with van der Waals surface area (Å²) in [5.74, 6) is 0. The van der Waals surface area contributed by atoms with Crippen molar-refractivity contribution in [2.24, 2.45) is 0 Å². The highest BCUT2D eigenvalue weighted by molar-refractivity contribution is 5.82. The molecule has 1 aliphatic rings. The molecular weight excluding hydrogens is 448 g/mol. The number of benzene rings is 1. The van der Waals surface area contributed by atoms with Gasteiger partial charge in [0.15, 0.2) is 24.8 Å². The summed E-state index contributed by atoms with van der Waals surface area (Å²) in [5, 5.41) is 0. The van der Waals surface area contributed by atoms with Crippen molar-refractivity contribution in [3.63, 3.8) is 0 Å². The van der Waals surface area contributed by atoms with Crippen LogP contribution in [-0.4, -0.2) is 0 Å². The Morgan fingerprint density at radius 1 is 0.541 bits per heavy atom. The number of hydrogen-bond donors (Lipinski definition) is 0. The maximum Gasteiger partial charge on any atom is 0.173 e. The van der Waals surface area contributed by atoms with Gasteiger partial charge >= 0.3 is 0 Å². The van der Waals surface area contributed by atoms with E-state index in [1.807, 2.05) is 0 Å². The van der Waals surface area contributed by atoms with Crippen molar-refractivity contribution in [2.75, 3.05) is 0 Å².